The van der Waals surface area contributed by atoms with Gasteiger partial charge in [0.25, 0.3) is 0 Å². The van der Waals surface area contributed by atoms with Crippen LogP contribution in [-0.2, 0) is 0 Å². The van der Waals surface area contributed by atoms with Gasteiger partial charge in [-0.05, 0) is 44.7 Å². The van der Waals surface area contributed by atoms with E-state index in [2.05, 4.69) is 17.1 Å². The molecular formula is C11H23ClN2. The van der Waals surface area contributed by atoms with Crippen molar-refractivity contribution in [3.05, 3.63) is 0 Å². The van der Waals surface area contributed by atoms with Crippen LogP contribution in [0.3, 0.4) is 0 Å². The minimum Gasteiger partial charge on any atom is -0.315 e. The molecule has 2 nitrogen and oxygen atoms in total. The third-order valence-electron chi connectivity index (χ3n) is 3.48. The first-order chi connectivity index (χ1) is 6.36. The molecule has 84 valence electrons. The Bertz CT molecular complexity index is 157. The Labute approximate surface area is 93.8 Å². The summed E-state index contributed by atoms with van der Waals surface area (Å²) in [5, 5.41) is 3.51. The molecule has 14 heavy (non-hydrogen) atoms. The lowest BCUT2D eigenvalue weighted by Gasteiger charge is -2.39. The maximum Gasteiger partial charge on any atom is 0.0221 e. The molecule has 2 heterocycles. The van der Waals surface area contributed by atoms with Gasteiger partial charge in [0.15, 0.2) is 0 Å². The molecule has 0 aromatic carbocycles. The van der Waals surface area contributed by atoms with Gasteiger partial charge in [0.05, 0.1) is 0 Å². The number of likely N-dealkylation sites (tertiary alicyclic amines) is 1. The van der Waals surface area contributed by atoms with Crippen LogP contribution in [0, 0.1) is 5.92 Å². The highest BCUT2D eigenvalue weighted by Crippen LogP contribution is 2.20. The van der Waals surface area contributed by atoms with Crippen molar-refractivity contribution in [3.63, 3.8) is 0 Å². The van der Waals surface area contributed by atoms with Gasteiger partial charge in [0.1, 0.15) is 0 Å². The van der Waals surface area contributed by atoms with Crippen molar-refractivity contribution in [2.75, 3.05) is 26.2 Å². The topological polar surface area (TPSA) is 15.3 Å². The zero-order valence-corrected chi connectivity index (χ0v) is 9.98. The van der Waals surface area contributed by atoms with Crippen LogP contribution in [0.2, 0.25) is 0 Å². The number of nitrogens with one attached hydrogen (secondary N) is 1. The number of halogens is 1. The lowest BCUT2D eigenvalue weighted by Crippen LogP contribution is -2.49. The zero-order chi connectivity index (χ0) is 9.10. The standard InChI is InChI=1S/C11H22N2.ClH/c1-10-4-3-7-13(9-10)11-5-2-6-12-8-11;/h10-12H,2-9H2,1H3;1H/t10-,11?;/m0./s1. The number of piperidine rings is 2. The second-order valence-electron chi connectivity index (χ2n) is 4.74. The first-order valence-electron chi connectivity index (χ1n) is 5.81. The predicted molar refractivity (Wildman–Crippen MR) is 63.1 cm³/mol. The fraction of sp³-hybridized carbons (Fsp3) is 1.00. The van der Waals surface area contributed by atoms with Crippen LogP contribution in [0.15, 0.2) is 0 Å². The van der Waals surface area contributed by atoms with Crippen molar-refractivity contribution < 1.29 is 0 Å². The average molecular weight is 219 g/mol. The Kier molecular flexibility index (Phi) is 5.21. The lowest BCUT2D eigenvalue weighted by molar-refractivity contribution is 0.111. The number of hydrogen-bond acceptors (Lipinski definition) is 2. The molecule has 2 fully saturated rings. The van der Waals surface area contributed by atoms with E-state index >= 15 is 0 Å². The SMILES string of the molecule is C[C@H]1CCCN(C2CCCNC2)C1.Cl. The van der Waals surface area contributed by atoms with Crippen molar-refractivity contribution in [3.8, 4) is 0 Å². The average Bonchev–Trinajstić information content (AvgIpc) is 2.19. The van der Waals surface area contributed by atoms with Gasteiger partial charge in [-0.25, -0.2) is 0 Å². The predicted octanol–water partition coefficient (Wildman–Crippen LogP) is 1.89. The summed E-state index contributed by atoms with van der Waals surface area (Å²) < 4.78 is 0. The van der Waals surface area contributed by atoms with Crippen LogP contribution in [-0.4, -0.2) is 37.1 Å². The summed E-state index contributed by atoms with van der Waals surface area (Å²) in [6.07, 6.45) is 5.64. The molecule has 2 saturated heterocycles. The Hall–Kier alpha value is 0.210. The highest BCUT2D eigenvalue weighted by atomic mass is 35.5. The highest BCUT2D eigenvalue weighted by Gasteiger charge is 2.24. The molecule has 1 N–H and O–H groups in total. The molecule has 0 amide bonds. The summed E-state index contributed by atoms with van der Waals surface area (Å²) in [7, 11) is 0. The van der Waals surface area contributed by atoms with Crippen LogP contribution >= 0.6 is 12.4 Å². The van der Waals surface area contributed by atoms with E-state index in [0.29, 0.717) is 0 Å². The molecule has 0 saturated carbocycles. The Morgan fingerprint density at radius 1 is 1.21 bits per heavy atom. The van der Waals surface area contributed by atoms with E-state index in [4.69, 9.17) is 0 Å². The second kappa shape index (κ2) is 5.94. The fourth-order valence-corrected chi connectivity index (χ4v) is 2.70. The molecule has 2 rings (SSSR count). The molecule has 0 aliphatic carbocycles. The third kappa shape index (κ3) is 3.11. The molecule has 1 unspecified atom stereocenters. The molecule has 0 aromatic heterocycles. The maximum atomic E-state index is 3.51. The summed E-state index contributed by atoms with van der Waals surface area (Å²) in [5.41, 5.74) is 0. The molecule has 0 spiro atoms. The van der Waals surface area contributed by atoms with Gasteiger partial charge in [-0.15, -0.1) is 12.4 Å². The number of nitrogens with zero attached hydrogens (tertiary/aromatic N) is 1. The van der Waals surface area contributed by atoms with Gasteiger partial charge < -0.3 is 5.32 Å². The summed E-state index contributed by atoms with van der Waals surface area (Å²) in [4.78, 5) is 2.71. The van der Waals surface area contributed by atoms with E-state index in [1.807, 2.05) is 0 Å². The zero-order valence-electron chi connectivity index (χ0n) is 9.17. The Morgan fingerprint density at radius 3 is 2.71 bits per heavy atom. The summed E-state index contributed by atoms with van der Waals surface area (Å²) in [6.45, 7) is 7.54. The van der Waals surface area contributed by atoms with Gasteiger partial charge >= 0.3 is 0 Å². The first kappa shape index (κ1) is 12.3. The van der Waals surface area contributed by atoms with Crippen molar-refractivity contribution in [1.29, 1.82) is 0 Å². The molecule has 2 atom stereocenters. The van der Waals surface area contributed by atoms with E-state index in [-0.39, 0.29) is 12.4 Å². The largest absolute Gasteiger partial charge is 0.315 e. The van der Waals surface area contributed by atoms with Gasteiger partial charge in [0.2, 0.25) is 0 Å². The van der Waals surface area contributed by atoms with Crippen LogP contribution in [0.4, 0.5) is 0 Å². The molecule has 0 bridgehead atoms. The molecule has 3 heteroatoms. The van der Waals surface area contributed by atoms with Gasteiger partial charge in [-0.1, -0.05) is 6.92 Å². The molecule has 2 aliphatic heterocycles. The van der Waals surface area contributed by atoms with Crippen molar-refractivity contribution in [2.45, 2.75) is 38.6 Å². The molecule has 0 radical (unpaired) electrons. The minimum absolute atomic E-state index is 0. The minimum atomic E-state index is 0. The van der Waals surface area contributed by atoms with Crippen molar-refractivity contribution in [2.24, 2.45) is 5.92 Å². The third-order valence-corrected chi connectivity index (χ3v) is 3.48. The number of rotatable bonds is 1. The van der Waals surface area contributed by atoms with Crippen LogP contribution in [0.5, 0.6) is 0 Å². The second-order valence-corrected chi connectivity index (χ2v) is 4.74. The maximum absolute atomic E-state index is 3.51. The quantitative estimate of drug-likeness (QED) is 0.723. The molecule has 2 aliphatic rings. The summed E-state index contributed by atoms with van der Waals surface area (Å²) >= 11 is 0. The Morgan fingerprint density at radius 2 is 2.07 bits per heavy atom. The smallest absolute Gasteiger partial charge is 0.0221 e. The van der Waals surface area contributed by atoms with Crippen molar-refractivity contribution in [1.82, 2.24) is 10.2 Å². The monoisotopic (exact) mass is 218 g/mol. The summed E-state index contributed by atoms with van der Waals surface area (Å²) in [6, 6.07) is 0.844. The van der Waals surface area contributed by atoms with E-state index in [9.17, 15) is 0 Å². The Balaban J connectivity index is 0.000000980. The van der Waals surface area contributed by atoms with E-state index in [1.54, 1.807) is 0 Å². The molecular weight excluding hydrogens is 196 g/mol. The normalized spacial score (nSPS) is 34.9. The van der Waals surface area contributed by atoms with Gasteiger partial charge in [0, 0.05) is 19.1 Å². The van der Waals surface area contributed by atoms with Crippen LogP contribution in [0.25, 0.3) is 0 Å². The fourth-order valence-electron chi connectivity index (χ4n) is 2.70. The van der Waals surface area contributed by atoms with E-state index in [0.717, 1.165) is 12.0 Å². The lowest BCUT2D eigenvalue weighted by atomic mass is 9.96. The van der Waals surface area contributed by atoms with Crippen LogP contribution in [0.1, 0.15) is 32.6 Å². The van der Waals surface area contributed by atoms with E-state index < -0.39 is 0 Å². The van der Waals surface area contributed by atoms with Crippen LogP contribution < -0.4 is 5.32 Å². The van der Waals surface area contributed by atoms with Gasteiger partial charge in [-0.2, -0.15) is 0 Å². The first-order valence-corrected chi connectivity index (χ1v) is 5.81. The number of hydrogen-bond donors (Lipinski definition) is 1. The summed E-state index contributed by atoms with van der Waals surface area (Å²) in [5.74, 6) is 0.927. The van der Waals surface area contributed by atoms with Crippen molar-refractivity contribution >= 4 is 12.4 Å². The van der Waals surface area contributed by atoms with Gasteiger partial charge in [-0.3, -0.25) is 4.90 Å². The molecule has 0 aromatic rings. The van der Waals surface area contributed by atoms with E-state index in [1.165, 1.54) is 51.9 Å². The highest BCUT2D eigenvalue weighted by molar-refractivity contribution is 5.85.